The highest BCUT2D eigenvalue weighted by Gasteiger charge is 2.19. The molecule has 0 saturated heterocycles. The summed E-state index contributed by atoms with van der Waals surface area (Å²) in [5.74, 6) is -1.86. The highest BCUT2D eigenvalue weighted by Crippen LogP contribution is 2.25. The van der Waals surface area contributed by atoms with Gasteiger partial charge in [0.2, 0.25) is 5.91 Å². The van der Waals surface area contributed by atoms with Crippen LogP contribution in [-0.2, 0) is 4.79 Å². The van der Waals surface area contributed by atoms with Crippen molar-refractivity contribution in [2.24, 2.45) is 0 Å². The number of carbonyl (C=O) groups excluding carboxylic acids is 2. The van der Waals surface area contributed by atoms with Crippen molar-refractivity contribution >= 4 is 39.3 Å². The summed E-state index contributed by atoms with van der Waals surface area (Å²) in [7, 11) is 0. The van der Waals surface area contributed by atoms with E-state index in [4.69, 9.17) is 0 Å². The van der Waals surface area contributed by atoms with Crippen LogP contribution in [0.4, 0.5) is 5.69 Å². The first-order chi connectivity index (χ1) is 10.4. The van der Waals surface area contributed by atoms with Crippen LogP contribution in [0.1, 0.15) is 33.2 Å². The number of anilines is 1. The zero-order chi connectivity index (χ0) is 16.3. The van der Waals surface area contributed by atoms with Crippen molar-refractivity contribution in [2.75, 3.05) is 5.32 Å². The summed E-state index contributed by atoms with van der Waals surface area (Å²) in [6, 6.07) is 10.8. The van der Waals surface area contributed by atoms with Gasteiger partial charge in [-0.25, -0.2) is 4.79 Å². The SMILES string of the molecule is CC(=O)Nc1ccc(Br)c(C(=O)c2ccccc2C(=O)O)c1. The van der Waals surface area contributed by atoms with E-state index in [1.165, 1.54) is 25.1 Å². The molecule has 1 amide bonds. The molecular weight excluding hydrogens is 350 g/mol. The van der Waals surface area contributed by atoms with Gasteiger partial charge in [0.05, 0.1) is 5.56 Å². The average Bonchev–Trinajstić information content (AvgIpc) is 2.48. The van der Waals surface area contributed by atoms with Crippen molar-refractivity contribution in [2.45, 2.75) is 6.92 Å². The Morgan fingerprint density at radius 1 is 1.00 bits per heavy atom. The molecule has 22 heavy (non-hydrogen) atoms. The minimum atomic E-state index is -1.17. The summed E-state index contributed by atoms with van der Waals surface area (Å²) in [6.45, 7) is 1.36. The summed E-state index contributed by atoms with van der Waals surface area (Å²) >= 11 is 3.28. The summed E-state index contributed by atoms with van der Waals surface area (Å²) < 4.78 is 0.520. The summed E-state index contributed by atoms with van der Waals surface area (Å²) in [5, 5.41) is 11.8. The number of ketones is 1. The Hall–Kier alpha value is -2.47. The summed E-state index contributed by atoms with van der Waals surface area (Å²) in [4.78, 5) is 35.0. The molecule has 0 atom stereocenters. The normalized spacial score (nSPS) is 10.1. The maximum absolute atomic E-state index is 12.6. The Labute approximate surface area is 135 Å². The second-order valence-corrected chi connectivity index (χ2v) is 5.41. The van der Waals surface area contributed by atoms with E-state index < -0.39 is 11.8 Å². The molecule has 0 unspecified atom stereocenters. The van der Waals surface area contributed by atoms with Crippen LogP contribution >= 0.6 is 15.9 Å². The van der Waals surface area contributed by atoms with E-state index in [0.717, 1.165) is 0 Å². The van der Waals surface area contributed by atoms with Gasteiger partial charge >= 0.3 is 5.97 Å². The van der Waals surface area contributed by atoms with Crippen LogP contribution in [-0.4, -0.2) is 22.8 Å². The van der Waals surface area contributed by atoms with Gasteiger partial charge in [-0.05, 0) is 24.3 Å². The number of hydrogen-bond donors (Lipinski definition) is 2. The number of halogens is 1. The molecular formula is C16H12BrNO4. The maximum Gasteiger partial charge on any atom is 0.336 e. The van der Waals surface area contributed by atoms with Crippen LogP contribution in [0, 0.1) is 0 Å². The van der Waals surface area contributed by atoms with Gasteiger partial charge in [0, 0.05) is 28.2 Å². The van der Waals surface area contributed by atoms with Crippen LogP contribution in [0.2, 0.25) is 0 Å². The zero-order valence-corrected chi connectivity index (χ0v) is 13.2. The Balaban J connectivity index is 2.50. The molecule has 0 aliphatic carbocycles. The number of benzene rings is 2. The van der Waals surface area contributed by atoms with E-state index in [2.05, 4.69) is 21.2 Å². The number of nitrogens with one attached hydrogen (secondary N) is 1. The van der Waals surface area contributed by atoms with Crippen molar-refractivity contribution in [1.82, 2.24) is 0 Å². The molecule has 2 rings (SSSR count). The van der Waals surface area contributed by atoms with Gasteiger partial charge in [-0.3, -0.25) is 9.59 Å². The minimum Gasteiger partial charge on any atom is -0.478 e. The molecule has 0 radical (unpaired) electrons. The monoisotopic (exact) mass is 361 g/mol. The molecule has 0 aliphatic heterocycles. The number of rotatable bonds is 4. The van der Waals surface area contributed by atoms with Gasteiger partial charge in [-0.2, -0.15) is 0 Å². The first kappa shape index (κ1) is 15.9. The molecule has 2 N–H and O–H groups in total. The van der Waals surface area contributed by atoms with E-state index in [-0.39, 0.29) is 22.6 Å². The van der Waals surface area contributed by atoms with E-state index in [0.29, 0.717) is 10.2 Å². The van der Waals surface area contributed by atoms with E-state index in [1.807, 2.05) is 0 Å². The molecule has 0 bridgehead atoms. The predicted molar refractivity (Wildman–Crippen MR) is 85.3 cm³/mol. The van der Waals surface area contributed by atoms with Gasteiger partial charge in [0.25, 0.3) is 0 Å². The smallest absolute Gasteiger partial charge is 0.336 e. The highest BCUT2D eigenvalue weighted by molar-refractivity contribution is 9.10. The lowest BCUT2D eigenvalue weighted by molar-refractivity contribution is -0.114. The minimum absolute atomic E-state index is 0.0654. The van der Waals surface area contributed by atoms with Gasteiger partial charge in [0.15, 0.2) is 5.78 Å². The fraction of sp³-hybridized carbons (Fsp3) is 0.0625. The van der Waals surface area contributed by atoms with Crippen LogP contribution < -0.4 is 5.32 Å². The summed E-state index contributed by atoms with van der Waals surface area (Å²) in [5.41, 5.74) is 0.770. The third-order valence-corrected chi connectivity index (χ3v) is 3.62. The van der Waals surface area contributed by atoms with Gasteiger partial charge < -0.3 is 10.4 Å². The van der Waals surface area contributed by atoms with Crippen molar-refractivity contribution in [3.8, 4) is 0 Å². The van der Waals surface area contributed by atoms with Gasteiger partial charge in [-0.1, -0.05) is 34.1 Å². The molecule has 0 heterocycles. The first-order valence-corrected chi connectivity index (χ1v) is 7.13. The Kier molecular flexibility index (Phi) is 4.72. The number of hydrogen-bond acceptors (Lipinski definition) is 3. The lowest BCUT2D eigenvalue weighted by Gasteiger charge is -2.09. The second kappa shape index (κ2) is 6.53. The number of aromatic carboxylic acids is 1. The zero-order valence-electron chi connectivity index (χ0n) is 11.6. The van der Waals surface area contributed by atoms with Gasteiger partial charge in [-0.15, -0.1) is 0 Å². The van der Waals surface area contributed by atoms with E-state index in [1.54, 1.807) is 24.3 Å². The third kappa shape index (κ3) is 3.40. The lowest BCUT2D eigenvalue weighted by atomic mass is 9.98. The van der Waals surface area contributed by atoms with E-state index in [9.17, 15) is 19.5 Å². The molecule has 0 spiro atoms. The van der Waals surface area contributed by atoms with Crippen molar-refractivity contribution in [3.63, 3.8) is 0 Å². The largest absolute Gasteiger partial charge is 0.478 e. The predicted octanol–water partition coefficient (Wildman–Crippen LogP) is 3.34. The fourth-order valence-corrected chi connectivity index (χ4v) is 2.42. The van der Waals surface area contributed by atoms with Crippen LogP contribution in [0.5, 0.6) is 0 Å². The average molecular weight is 362 g/mol. The summed E-state index contributed by atoms with van der Waals surface area (Å²) in [6.07, 6.45) is 0. The maximum atomic E-state index is 12.6. The Bertz CT molecular complexity index is 770. The molecule has 6 heteroatoms. The van der Waals surface area contributed by atoms with Crippen molar-refractivity contribution in [3.05, 3.63) is 63.6 Å². The third-order valence-electron chi connectivity index (χ3n) is 2.93. The highest BCUT2D eigenvalue weighted by atomic mass is 79.9. The molecule has 0 saturated carbocycles. The van der Waals surface area contributed by atoms with Gasteiger partial charge in [0.1, 0.15) is 0 Å². The fourth-order valence-electron chi connectivity index (χ4n) is 1.99. The molecule has 2 aromatic carbocycles. The first-order valence-electron chi connectivity index (χ1n) is 6.34. The number of carbonyl (C=O) groups is 3. The Morgan fingerprint density at radius 2 is 1.64 bits per heavy atom. The van der Waals surface area contributed by atoms with Crippen LogP contribution in [0.15, 0.2) is 46.9 Å². The molecule has 5 nitrogen and oxygen atoms in total. The van der Waals surface area contributed by atoms with E-state index >= 15 is 0 Å². The second-order valence-electron chi connectivity index (χ2n) is 4.56. The van der Waals surface area contributed by atoms with Crippen LogP contribution in [0.3, 0.4) is 0 Å². The molecule has 2 aromatic rings. The molecule has 0 aromatic heterocycles. The lowest BCUT2D eigenvalue weighted by Crippen LogP contribution is -2.11. The number of amides is 1. The molecule has 112 valence electrons. The topological polar surface area (TPSA) is 83.5 Å². The van der Waals surface area contributed by atoms with Crippen LogP contribution in [0.25, 0.3) is 0 Å². The molecule has 0 fully saturated rings. The molecule has 0 aliphatic rings. The van der Waals surface area contributed by atoms with Crippen molar-refractivity contribution in [1.29, 1.82) is 0 Å². The standard InChI is InChI=1S/C16H12BrNO4/c1-9(19)18-10-6-7-14(17)13(8-10)15(20)11-4-2-3-5-12(11)16(21)22/h2-8H,1H3,(H,18,19)(H,21,22). The number of carboxylic acid groups (broad SMARTS) is 1. The Morgan fingerprint density at radius 3 is 2.23 bits per heavy atom. The number of carboxylic acids is 1. The quantitative estimate of drug-likeness (QED) is 0.818. The van der Waals surface area contributed by atoms with Crippen molar-refractivity contribution < 1.29 is 19.5 Å².